The summed E-state index contributed by atoms with van der Waals surface area (Å²) in [5.41, 5.74) is 1.84. The maximum Gasteiger partial charge on any atom is 0.183 e. The van der Waals surface area contributed by atoms with Crippen LogP contribution in [0.2, 0.25) is 4.47 Å². The van der Waals surface area contributed by atoms with Crippen molar-refractivity contribution in [3.8, 4) is 0 Å². The van der Waals surface area contributed by atoms with E-state index < -0.39 is 6.10 Å². The van der Waals surface area contributed by atoms with Crippen molar-refractivity contribution in [3.63, 3.8) is 0 Å². The number of aliphatic hydroxyl groups is 1. The maximum absolute atomic E-state index is 10.4. The number of rotatable bonds is 5. The summed E-state index contributed by atoms with van der Waals surface area (Å²) >= 11 is 8.83. The summed E-state index contributed by atoms with van der Waals surface area (Å²) in [4.78, 5) is 6.03. The van der Waals surface area contributed by atoms with Crippen molar-refractivity contribution in [3.05, 3.63) is 67.8 Å². The highest BCUT2D eigenvalue weighted by Gasteiger charge is 2.11. The van der Waals surface area contributed by atoms with Crippen LogP contribution in [0.15, 0.2) is 48.0 Å². The van der Waals surface area contributed by atoms with E-state index in [2.05, 4.69) is 10.3 Å². The van der Waals surface area contributed by atoms with E-state index in [-0.39, 0.29) is 0 Å². The lowest BCUT2D eigenvalue weighted by Gasteiger charge is -2.11. The van der Waals surface area contributed by atoms with Crippen LogP contribution >= 0.6 is 34.3 Å². The topological polar surface area (TPSA) is 45.1 Å². The van der Waals surface area contributed by atoms with Crippen LogP contribution in [0.3, 0.4) is 0 Å². The molecule has 21 heavy (non-hydrogen) atoms. The zero-order valence-corrected chi connectivity index (χ0v) is 13.4. The molecule has 2 N–H and O–H groups in total. The molecular formula is C15H13ClN2OS2. The second kappa shape index (κ2) is 6.58. The average molecular weight is 337 g/mol. The summed E-state index contributed by atoms with van der Waals surface area (Å²) in [5, 5.41) is 15.6. The van der Waals surface area contributed by atoms with Crippen molar-refractivity contribution in [2.75, 3.05) is 5.32 Å². The fourth-order valence-corrected chi connectivity index (χ4v) is 3.64. The fourth-order valence-electron chi connectivity index (χ4n) is 1.98. The minimum absolute atomic E-state index is 0.550. The smallest absolute Gasteiger partial charge is 0.183 e. The molecule has 0 bridgehead atoms. The number of aliphatic hydroxyl groups excluding tert-OH is 1. The Kier molecular flexibility index (Phi) is 4.55. The molecule has 0 spiro atoms. The molecule has 0 radical (unpaired) electrons. The normalized spacial score (nSPS) is 12.3. The van der Waals surface area contributed by atoms with Crippen molar-refractivity contribution >= 4 is 40.0 Å². The number of benzene rings is 1. The summed E-state index contributed by atoms with van der Waals surface area (Å²) in [5.74, 6) is 0. The second-order valence-corrected chi connectivity index (χ2v) is 7.15. The molecule has 0 fully saturated rings. The largest absolute Gasteiger partial charge is 0.383 e. The van der Waals surface area contributed by atoms with Gasteiger partial charge >= 0.3 is 0 Å². The maximum atomic E-state index is 10.4. The van der Waals surface area contributed by atoms with Gasteiger partial charge in [-0.2, -0.15) is 0 Å². The molecule has 1 aromatic carbocycles. The van der Waals surface area contributed by atoms with Crippen molar-refractivity contribution in [2.24, 2.45) is 0 Å². The molecular weight excluding hydrogens is 324 g/mol. The van der Waals surface area contributed by atoms with Gasteiger partial charge in [-0.3, -0.25) is 0 Å². The van der Waals surface area contributed by atoms with Crippen LogP contribution in [-0.2, 0) is 6.54 Å². The van der Waals surface area contributed by atoms with Crippen LogP contribution in [0.5, 0.6) is 0 Å². The van der Waals surface area contributed by atoms with E-state index >= 15 is 0 Å². The first-order valence-corrected chi connectivity index (χ1v) is 8.45. The number of thiazole rings is 1. The number of aromatic nitrogens is 1. The van der Waals surface area contributed by atoms with Gasteiger partial charge in [0.2, 0.25) is 0 Å². The highest BCUT2D eigenvalue weighted by molar-refractivity contribution is 7.15. The molecule has 2 aromatic heterocycles. The molecule has 0 amide bonds. The molecule has 1 unspecified atom stereocenters. The standard InChI is InChI=1S/C15H13ClN2OS2/c16-15-18-9-12(21-15)8-17-11-4-1-3-10(7-11)14(19)13-5-2-6-20-13/h1-7,9,14,17,19H,8H2. The van der Waals surface area contributed by atoms with Crippen molar-refractivity contribution in [1.82, 2.24) is 4.98 Å². The van der Waals surface area contributed by atoms with Crippen molar-refractivity contribution in [2.45, 2.75) is 12.6 Å². The Labute approximate surface area is 135 Å². The van der Waals surface area contributed by atoms with Gasteiger partial charge in [-0.25, -0.2) is 4.98 Å². The third-order valence-corrected chi connectivity index (χ3v) is 5.05. The molecule has 3 rings (SSSR count). The molecule has 0 aliphatic carbocycles. The lowest BCUT2D eigenvalue weighted by molar-refractivity contribution is 0.224. The van der Waals surface area contributed by atoms with Crippen LogP contribution in [-0.4, -0.2) is 10.1 Å². The number of hydrogen-bond acceptors (Lipinski definition) is 5. The van der Waals surface area contributed by atoms with Gasteiger partial charge in [0.25, 0.3) is 0 Å². The van der Waals surface area contributed by atoms with Crippen molar-refractivity contribution < 1.29 is 5.11 Å². The predicted octanol–water partition coefficient (Wildman–Crippen LogP) is 4.55. The molecule has 3 nitrogen and oxygen atoms in total. The monoisotopic (exact) mass is 336 g/mol. The molecule has 0 aliphatic rings. The Balaban J connectivity index is 1.71. The van der Waals surface area contributed by atoms with Crippen LogP contribution in [0.1, 0.15) is 21.4 Å². The highest BCUT2D eigenvalue weighted by Crippen LogP contribution is 2.27. The van der Waals surface area contributed by atoms with E-state index in [1.807, 2.05) is 41.8 Å². The Morgan fingerprint density at radius 1 is 1.29 bits per heavy atom. The Bertz CT molecular complexity index is 712. The minimum atomic E-state index is -0.579. The first-order valence-electron chi connectivity index (χ1n) is 6.38. The van der Waals surface area contributed by atoms with Gasteiger partial charge in [0, 0.05) is 21.6 Å². The van der Waals surface area contributed by atoms with Crippen LogP contribution in [0.25, 0.3) is 0 Å². The van der Waals surface area contributed by atoms with Gasteiger partial charge in [-0.1, -0.05) is 29.8 Å². The summed E-state index contributed by atoms with van der Waals surface area (Å²) < 4.78 is 0.550. The van der Waals surface area contributed by atoms with Crippen LogP contribution in [0.4, 0.5) is 5.69 Å². The van der Waals surface area contributed by atoms with Crippen LogP contribution < -0.4 is 5.32 Å². The first kappa shape index (κ1) is 14.5. The number of anilines is 1. The van der Waals surface area contributed by atoms with E-state index in [1.54, 1.807) is 17.5 Å². The number of halogens is 1. The number of nitrogens with one attached hydrogen (secondary N) is 1. The Morgan fingerprint density at radius 3 is 2.90 bits per heavy atom. The minimum Gasteiger partial charge on any atom is -0.383 e. The fraction of sp³-hybridized carbons (Fsp3) is 0.133. The molecule has 6 heteroatoms. The number of hydrogen-bond donors (Lipinski definition) is 2. The SMILES string of the molecule is OC(c1cccc(NCc2cnc(Cl)s2)c1)c1cccs1. The summed E-state index contributed by atoms with van der Waals surface area (Å²) in [7, 11) is 0. The zero-order chi connectivity index (χ0) is 14.7. The van der Waals surface area contributed by atoms with Crippen molar-refractivity contribution in [1.29, 1.82) is 0 Å². The molecule has 0 saturated carbocycles. The second-order valence-electron chi connectivity index (χ2n) is 4.48. The quantitative estimate of drug-likeness (QED) is 0.718. The van der Waals surface area contributed by atoms with Gasteiger partial charge in [0.15, 0.2) is 4.47 Å². The Hall–Kier alpha value is -1.40. The summed E-state index contributed by atoms with van der Waals surface area (Å²) in [6.45, 7) is 0.670. The molecule has 0 saturated heterocycles. The summed E-state index contributed by atoms with van der Waals surface area (Å²) in [6.07, 6.45) is 1.19. The molecule has 1 atom stereocenters. The molecule has 108 valence electrons. The predicted molar refractivity (Wildman–Crippen MR) is 89.3 cm³/mol. The molecule has 3 aromatic rings. The van der Waals surface area contributed by atoms with Crippen LogP contribution in [0, 0.1) is 0 Å². The lowest BCUT2D eigenvalue weighted by atomic mass is 10.1. The van der Waals surface area contributed by atoms with E-state index in [1.165, 1.54) is 11.3 Å². The van der Waals surface area contributed by atoms with Gasteiger partial charge < -0.3 is 10.4 Å². The number of thiophene rings is 1. The molecule has 2 heterocycles. The first-order chi connectivity index (χ1) is 10.2. The van der Waals surface area contributed by atoms with E-state index in [0.29, 0.717) is 11.0 Å². The van der Waals surface area contributed by atoms with Gasteiger partial charge in [-0.05, 0) is 29.1 Å². The molecule has 0 aliphatic heterocycles. The number of nitrogens with zero attached hydrogens (tertiary/aromatic N) is 1. The zero-order valence-electron chi connectivity index (χ0n) is 11.0. The van der Waals surface area contributed by atoms with E-state index in [4.69, 9.17) is 11.6 Å². The lowest BCUT2D eigenvalue weighted by Crippen LogP contribution is -2.01. The highest BCUT2D eigenvalue weighted by atomic mass is 35.5. The van der Waals surface area contributed by atoms with Gasteiger partial charge in [0.05, 0.1) is 6.54 Å². The third-order valence-electron chi connectivity index (χ3n) is 3.01. The average Bonchev–Trinajstić information content (AvgIpc) is 3.16. The van der Waals surface area contributed by atoms with E-state index in [9.17, 15) is 5.11 Å². The van der Waals surface area contributed by atoms with Gasteiger partial charge in [-0.15, -0.1) is 22.7 Å². The Morgan fingerprint density at radius 2 is 2.19 bits per heavy atom. The van der Waals surface area contributed by atoms with E-state index in [0.717, 1.165) is 21.0 Å². The summed E-state index contributed by atoms with van der Waals surface area (Å²) in [6, 6.07) is 11.7. The van der Waals surface area contributed by atoms with Gasteiger partial charge in [0.1, 0.15) is 6.10 Å². The third kappa shape index (κ3) is 3.63.